The maximum absolute atomic E-state index is 12.4. The molecule has 1 unspecified atom stereocenters. The van der Waals surface area contributed by atoms with Crippen LogP contribution in [-0.2, 0) is 4.79 Å². The van der Waals surface area contributed by atoms with Crippen molar-refractivity contribution in [1.29, 1.82) is 0 Å². The third-order valence-corrected chi connectivity index (χ3v) is 4.71. The molecule has 1 fully saturated rings. The summed E-state index contributed by atoms with van der Waals surface area (Å²) in [7, 11) is 1.80. The molecule has 0 radical (unpaired) electrons. The van der Waals surface area contributed by atoms with Gasteiger partial charge in [-0.3, -0.25) is 9.59 Å². The highest BCUT2D eigenvalue weighted by molar-refractivity contribution is 5.95. The van der Waals surface area contributed by atoms with Crippen molar-refractivity contribution < 1.29 is 9.59 Å². The Bertz CT molecular complexity index is 793. The smallest absolute Gasteiger partial charge is 0.251 e. The molecule has 1 atom stereocenters. The summed E-state index contributed by atoms with van der Waals surface area (Å²) >= 11 is 0. The highest BCUT2D eigenvalue weighted by atomic mass is 16.2. The van der Waals surface area contributed by atoms with Gasteiger partial charge in [-0.15, -0.1) is 0 Å². The van der Waals surface area contributed by atoms with Gasteiger partial charge in [0.1, 0.15) is 0 Å². The van der Waals surface area contributed by atoms with Crippen LogP contribution in [0.15, 0.2) is 60.7 Å². The molecule has 4 heteroatoms. The molecule has 2 aromatic rings. The molecule has 0 saturated heterocycles. The molecule has 1 saturated carbocycles. The maximum atomic E-state index is 12.4. The summed E-state index contributed by atoms with van der Waals surface area (Å²) in [6.07, 6.45) is 5.49. The molecular formula is C22H24N2O2. The first-order chi connectivity index (χ1) is 12.5. The highest BCUT2D eigenvalue weighted by Crippen LogP contribution is 2.20. The van der Waals surface area contributed by atoms with Gasteiger partial charge in [-0.25, -0.2) is 0 Å². The largest absolute Gasteiger partial charge is 0.349 e. The van der Waals surface area contributed by atoms with Crippen LogP contribution in [0.25, 0.3) is 6.08 Å². The van der Waals surface area contributed by atoms with Gasteiger partial charge in [-0.1, -0.05) is 42.5 Å². The topological polar surface area (TPSA) is 49.4 Å². The number of likely N-dealkylation sites (N-methyl/N-ethyl adjacent to an activating group) is 1. The van der Waals surface area contributed by atoms with E-state index >= 15 is 0 Å². The van der Waals surface area contributed by atoms with Crippen LogP contribution in [0, 0.1) is 0 Å². The summed E-state index contributed by atoms with van der Waals surface area (Å²) in [5.74, 6) is -0.0903. The van der Waals surface area contributed by atoms with Crippen molar-refractivity contribution in [2.45, 2.75) is 31.8 Å². The number of rotatable bonds is 6. The van der Waals surface area contributed by atoms with Gasteiger partial charge in [0, 0.05) is 24.7 Å². The molecule has 2 amide bonds. The second-order valence-electron chi connectivity index (χ2n) is 6.74. The molecular weight excluding hydrogens is 324 g/mol. The van der Waals surface area contributed by atoms with Gasteiger partial charge in [0.25, 0.3) is 5.91 Å². The van der Waals surface area contributed by atoms with Crippen molar-refractivity contribution in [2.75, 3.05) is 7.05 Å². The molecule has 0 heterocycles. The maximum Gasteiger partial charge on any atom is 0.251 e. The van der Waals surface area contributed by atoms with Crippen LogP contribution < -0.4 is 5.32 Å². The zero-order valence-corrected chi connectivity index (χ0v) is 15.2. The second kappa shape index (κ2) is 8.00. The summed E-state index contributed by atoms with van der Waals surface area (Å²) in [6.45, 7) is 2.01. The number of hydrogen-bond donors (Lipinski definition) is 1. The fraction of sp³-hybridized carbons (Fsp3) is 0.273. The first-order valence-electron chi connectivity index (χ1n) is 8.95. The van der Waals surface area contributed by atoms with E-state index in [2.05, 4.69) is 5.32 Å². The number of hydrogen-bond acceptors (Lipinski definition) is 2. The van der Waals surface area contributed by atoms with Crippen LogP contribution in [0.2, 0.25) is 0 Å². The minimum Gasteiger partial charge on any atom is -0.349 e. The zero-order valence-electron chi connectivity index (χ0n) is 15.2. The molecule has 134 valence electrons. The van der Waals surface area contributed by atoms with Crippen molar-refractivity contribution in [3.05, 3.63) is 77.4 Å². The number of nitrogens with zero attached hydrogens (tertiary/aromatic N) is 1. The van der Waals surface area contributed by atoms with Crippen LogP contribution in [0.4, 0.5) is 0 Å². The average molecular weight is 348 g/mol. The lowest BCUT2D eigenvalue weighted by Crippen LogP contribution is -2.27. The molecule has 0 bridgehead atoms. The van der Waals surface area contributed by atoms with E-state index in [0.29, 0.717) is 11.6 Å². The Morgan fingerprint density at radius 1 is 1.08 bits per heavy atom. The number of carbonyl (C=O) groups is 2. The first kappa shape index (κ1) is 17.9. The number of benzene rings is 2. The highest BCUT2D eigenvalue weighted by Gasteiger charge is 2.23. The van der Waals surface area contributed by atoms with Gasteiger partial charge in [-0.2, -0.15) is 0 Å². The van der Waals surface area contributed by atoms with Crippen molar-refractivity contribution in [3.63, 3.8) is 0 Å². The van der Waals surface area contributed by atoms with Gasteiger partial charge in [0.2, 0.25) is 5.91 Å². The lowest BCUT2D eigenvalue weighted by molar-refractivity contribution is -0.126. The molecule has 4 nitrogen and oxygen atoms in total. The van der Waals surface area contributed by atoms with Crippen LogP contribution in [0.1, 0.15) is 47.3 Å². The van der Waals surface area contributed by atoms with E-state index < -0.39 is 0 Å². The summed E-state index contributed by atoms with van der Waals surface area (Å²) < 4.78 is 0. The van der Waals surface area contributed by atoms with Gasteiger partial charge in [0.15, 0.2) is 0 Å². The van der Waals surface area contributed by atoms with E-state index in [1.165, 1.54) is 0 Å². The number of amides is 2. The quantitative estimate of drug-likeness (QED) is 0.807. The molecule has 3 rings (SSSR count). The monoisotopic (exact) mass is 348 g/mol. The second-order valence-corrected chi connectivity index (χ2v) is 6.74. The van der Waals surface area contributed by atoms with Crippen molar-refractivity contribution in [2.24, 2.45) is 0 Å². The van der Waals surface area contributed by atoms with Gasteiger partial charge in [0.05, 0.1) is 6.04 Å². The van der Waals surface area contributed by atoms with Crippen molar-refractivity contribution in [1.82, 2.24) is 10.2 Å². The normalized spacial score (nSPS) is 14.8. The molecule has 0 spiro atoms. The van der Waals surface area contributed by atoms with Crippen LogP contribution in [0.3, 0.4) is 0 Å². The van der Waals surface area contributed by atoms with E-state index in [1.54, 1.807) is 36.2 Å². The van der Waals surface area contributed by atoms with Crippen LogP contribution in [-0.4, -0.2) is 29.8 Å². The summed E-state index contributed by atoms with van der Waals surface area (Å²) in [4.78, 5) is 26.1. The van der Waals surface area contributed by atoms with E-state index in [9.17, 15) is 9.59 Å². The summed E-state index contributed by atoms with van der Waals surface area (Å²) in [5, 5.41) is 2.97. The summed E-state index contributed by atoms with van der Waals surface area (Å²) in [6, 6.07) is 17.6. The third-order valence-electron chi connectivity index (χ3n) is 4.71. The fourth-order valence-electron chi connectivity index (χ4n) is 2.67. The molecule has 1 aliphatic carbocycles. The molecule has 0 aromatic heterocycles. The minimum absolute atomic E-state index is 0.00171. The average Bonchev–Trinajstić information content (AvgIpc) is 3.50. The Morgan fingerprint density at radius 3 is 2.35 bits per heavy atom. The van der Waals surface area contributed by atoms with Crippen LogP contribution in [0.5, 0.6) is 0 Å². The Hall–Kier alpha value is -2.88. The minimum atomic E-state index is -0.0584. The molecule has 1 N–H and O–H groups in total. The number of nitrogens with one attached hydrogen (secondary N) is 1. The predicted octanol–water partition coefficient (Wildman–Crippen LogP) is 3.81. The summed E-state index contributed by atoms with van der Waals surface area (Å²) in [5.41, 5.74) is 2.64. The molecule has 0 aliphatic heterocycles. The van der Waals surface area contributed by atoms with E-state index in [-0.39, 0.29) is 17.9 Å². The molecule has 1 aliphatic rings. The number of carbonyl (C=O) groups excluding carboxylic acids is 2. The van der Waals surface area contributed by atoms with Gasteiger partial charge in [-0.05, 0) is 49.1 Å². The van der Waals surface area contributed by atoms with Crippen molar-refractivity contribution in [3.8, 4) is 0 Å². The molecule has 2 aromatic carbocycles. The Balaban J connectivity index is 1.59. The van der Waals surface area contributed by atoms with Gasteiger partial charge < -0.3 is 10.2 Å². The Morgan fingerprint density at radius 2 is 1.73 bits per heavy atom. The Kier molecular flexibility index (Phi) is 5.52. The lowest BCUT2D eigenvalue weighted by Gasteiger charge is -2.24. The van der Waals surface area contributed by atoms with Crippen molar-refractivity contribution >= 4 is 17.9 Å². The van der Waals surface area contributed by atoms with Gasteiger partial charge >= 0.3 is 0 Å². The lowest BCUT2D eigenvalue weighted by atomic mass is 10.1. The first-order valence-corrected chi connectivity index (χ1v) is 8.95. The third kappa shape index (κ3) is 4.60. The predicted molar refractivity (Wildman–Crippen MR) is 104 cm³/mol. The van der Waals surface area contributed by atoms with E-state index in [0.717, 1.165) is 24.0 Å². The fourth-order valence-corrected chi connectivity index (χ4v) is 2.67. The van der Waals surface area contributed by atoms with E-state index in [4.69, 9.17) is 0 Å². The van der Waals surface area contributed by atoms with Crippen LogP contribution >= 0.6 is 0 Å². The SMILES string of the molecule is CC(c1ccccc1)N(C)C(=O)/C=C/c1ccc(C(=O)NC2CC2)cc1. The molecule has 26 heavy (non-hydrogen) atoms. The standard InChI is InChI=1S/C22H24N2O2/c1-16(18-6-4-3-5-7-18)24(2)21(25)15-10-17-8-11-19(12-9-17)22(26)23-20-13-14-20/h3-12,15-16,20H,13-14H2,1-2H3,(H,23,26)/b15-10+. The van der Waals surface area contributed by atoms with E-state index in [1.807, 2.05) is 49.4 Å². The Labute approximate surface area is 154 Å². The zero-order chi connectivity index (χ0) is 18.5.